The number of allylic oxidation sites excluding steroid dienone is 2. The Morgan fingerprint density at radius 1 is 1.55 bits per heavy atom. The molecule has 0 radical (unpaired) electrons. The van der Waals surface area contributed by atoms with Crippen LogP contribution in [0.3, 0.4) is 0 Å². The zero-order valence-electron chi connectivity index (χ0n) is 7.89. The molecule has 0 aliphatic heterocycles. The minimum atomic E-state index is 0.463. The first-order chi connectivity index (χ1) is 5.11. The highest BCUT2D eigenvalue weighted by atomic mass is 14.7. The molecule has 0 spiro atoms. The van der Waals surface area contributed by atoms with E-state index in [4.69, 9.17) is 5.73 Å². The van der Waals surface area contributed by atoms with E-state index in [1.54, 1.807) is 7.05 Å². The van der Waals surface area contributed by atoms with Crippen molar-refractivity contribution in [2.45, 2.75) is 27.2 Å². The summed E-state index contributed by atoms with van der Waals surface area (Å²) in [5, 5.41) is 0. The number of hydrogen-bond acceptors (Lipinski definition) is 2. The molecule has 0 amide bonds. The van der Waals surface area contributed by atoms with Crippen LogP contribution in [0.1, 0.15) is 27.2 Å². The summed E-state index contributed by atoms with van der Waals surface area (Å²) >= 11 is 0. The van der Waals surface area contributed by atoms with Crippen LogP contribution in [0.15, 0.2) is 16.8 Å². The Kier molecular flexibility index (Phi) is 4.59. The summed E-state index contributed by atoms with van der Waals surface area (Å²) in [6.07, 6.45) is 2.86. The maximum atomic E-state index is 5.67. The Hall–Kier alpha value is -0.790. The maximum absolute atomic E-state index is 5.67. The van der Waals surface area contributed by atoms with E-state index in [0.29, 0.717) is 5.92 Å². The van der Waals surface area contributed by atoms with Crippen LogP contribution in [0.25, 0.3) is 0 Å². The second-order valence-corrected chi connectivity index (χ2v) is 2.88. The van der Waals surface area contributed by atoms with E-state index >= 15 is 0 Å². The monoisotopic (exact) mass is 154 g/mol. The van der Waals surface area contributed by atoms with Crippen molar-refractivity contribution in [2.24, 2.45) is 16.6 Å². The van der Waals surface area contributed by atoms with Gasteiger partial charge in [0.25, 0.3) is 0 Å². The quantitative estimate of drug-likeness (QED) is 0.620. The van der Waals surface area contributed by atoms with Gasteiger partial charge in [-0.15, -0.1) is 0 Å². The van der Waals surface area contributed by atoms with Gasteiger partial charge in [0, 0.05) is 18.5 Å². The van der Waals surface area contributed by atoms with Crippen molar-refractivity contribution in [2.75, 3.05) is 7.05 Å². The van der Waals surface area contributed by atoms with Crippen molar-refractivity contribution in [3.05, 3.63) is 11.8 Å². The van der Waals surface area contributed by atoms with Gasteiger partial charge in [0.15, 0.2) is 0 Å². The van der Waals surface area contributed by atoms with Crippen molar-refractivity contribution in [3.8, 4) is 0 Å². The van der Waals surface area contributed by atoms with Crippen LogP contribution >= 0.6 is 0 Å². The fraction of sp³-hybridized carbons (Fsp3) is 0.667. The van der Waals surface area contributed by atoms with Gasteiger partial charge in [-0.2, -0.15) is 0 Å². The van der Waals surface area contributed by atoms with E-state index < -0.39 is 0 Å². The smallest absolute Gasteiger partial charge is 0.0387 e. The Balaban J connectivity index is 4.32. The molecule has 64 valence electrons. The van der Waals surface area contributed by atoms with Gasteiger partial charge in [-0.3, -0.25) is 4.99 Å². The lowest BCUT2D eigenvalue weighted by Gasteiger charge is -2.04. The van der Waals surface area contributed by atoms with E-state index in [1.165, 1.54) is 0 Å². The van der Waals surface area contributed by atoms with Crippen LogP contribution in [0.5, 0.6) is 0 Å². The molecule has 11 heavy (non-hydrogen) atoms. The molecule has 0 rings (SSSR count). The molecule has 2 nitrogen and oxygen atoms in total. The van der Waals surface area contributed by atoms with Gasteiger partial charge in [0.2, 0.25) is 0 Å². The highest BCUT2D eigenvalue weighted by molar-refractivity contribution is 5.96. The summed E-state index contributed by atoms with van der Waals surface area (Å²) in [4.78, 5) is 4.14. The third-order valence-corrected chi connectivity index (χ3v) is 1.59. The molecule has 0 fully saturated rings. The van der Waals surface area contributed by atoms with Gasteiger partial charge in [-0.1, -0.05) is 20.8 Å². The van der Waals surface area contributed by atoms with Crippen molar-refractivity contribution < 1.29 is 0 Å². The molecule has 0 saturated heterocycles. The van der Waals surface area contributed by atoms with Crippen molar-refractivity contribution in [1.82, 2.24) is 0 Å². The number of nitrogens with zero attached hydrogens (tertiary/aromatic N) is 1. The van der Waals surface area contributed by atoms with E-state index in [1.807, 2.05) is 13.0 Å². The van der Waals surface area contributed by atoms with Crippen molar-refractivity contribution in [3.63, 3.8) is 0 Å². The van der Waals surface area contributed by atoms with Gasteiger partial charge in [0.1, 0.15) is 0 Å². The predicted molar refractivity (Wildman–Crippen MR) is 50.8 cm³/mol. The molecule has 0 bridgehead atoms. The van der Waals surface area contributed by atoms with E-state index in [9.17, 15) is 0 Å². The lowest BCUT2D eigenvalue weighted by molar-refractivity contribution is 0.883. The Bertz CT molecular complexity index is 166. The Morgan fingerprint density at radius 2 is 2.09 bits per heavy atom. The molecule has 0 heterocycles. The summed E-state index contributed by atoms with van der Waals surface area (Å²) in [7, 11) is 1.80. The van der Waals surface area contributed by atoms with Gasteiger partial charge in [-0.25, -0.2) is 0 Å². The van der Waals surface area contributed by atoms with Gasteiger partial charge >= 0.3 is 0 Å². The Morgan fingerprint density at radius 3 is 2.36 bits per heavy atom. The summed E-state index contributed by atoms with van der Waals surface area (Å²) in [6, 6.07) is 0. The highest BCUT2D eigenvalue weighted by Crippen LogP contribution is 2.01. The zero-order valence-corrected chi connectivity index (χ0v) is 7.89. The molecule has 0 aliphatic rings. The molecule has 0 aromatic heterocycles. The molecule has 0 unspecified atom stereocenters. The minimum absolute atomic E-state index is 0.463. The fourth-order valence-corrected chi connectivity index (χ4v) is 0.781. The van der Waals surface area contributed by atoms with Crippen LogP contribution in [-0.4, -0.2) is 12.8 Å². The minimum Gasteiger partial charge on any atom is -0.402 e. The second kappa shape index (κ2) is 4.94. The Labute approximate surface area is 69.2 Å². The van der Waals surface area contributed by atoms with Crippen LogP contribution in [0.4, 0.5) is 0 Å². The third kappa shape index (κ3) is 3.81. The average Bonchev–Trinajstić information content (AvgIpc) is 1.99. The summed E-state index contributed by atoms with van der Waals surface area (Å²) in [5.74, 6) is 0.463. The van der Waals surface area contributed by atoms with Crippen molar-refractivity contribution in [1.29, 1.82) is 0 Å². The summed E-state index contributed by atoms with van der Waals surface area (Å²) in [6.45, 7) is 6.27. The molecule has 0 saturated carbocycles. The molecule has 0 aromatic carbocycles. The lowest BCUT2D eigenvalue weighted by Crippen LogP contribution is -2.07. The number of nitrogens with two attached hydrogens (primary N) is 1. The zero-order chi connectivity index (χ0) is 8.85. The fourth-order valence-electron chi connectivity index (χ4n) is 0.781. The average molecular weight is 154 g/mol. The molecule has 0 aliphatic carbocycles. The maximum Gasteiger partial charge on any atom is 0.0387 e. The predicted octanol–water partition coefficient (Wildman–Crippen LogP) is 1.97. The van der Waals surface area contributed by atoms with Crippen LogP contribution in [0, 0.1) is 5.92 Å². The number of aliphatic imine (C=N–C) groups is 1. The number of hydrogen-bond donors (Lipinski definition) is 1. The first-order valence-corrected chi connectivity index (χ1v) is 4.04. The first-order valence-electron chi connectivity index (χ1n) is 4.04. The largest absolute Gasteiger partial charge is 0.402 e. The molecule has 2 N–H and O–H groups in total. The normalized spacial score (nSPS) is 14.3. The topological polar surface area (TPSA) is 38.4 Å². The number of rotatable bonds is 3. The first kappa shape index (κ1) is 10.2. The molecule has 0 aromatic rings. The molecular formula is C9H18N2. The molecule has 2 heteroatoms. The van der Waals surface area contributed by atoms with E-state index in [2.05, 4.69) is 18.8 Å². The highest BCUT2D eigenvalue weighted by Gasteiger charge is 1.99. The lowest BCUT2D eigenvalue weighted by atomic mass is 10.1. The van der Waals surface area contributed by atoms with Gasteiger partial charge in [-0.05, 0) is 18.4 Å². The van der Waals surface area contributed by atoms with E-state index in [0.717, 1.165) is 17.8 Å². The molecular weight excluding hydrogens is 136 g/mol. The third-order valence-electron chi connectivity index (χ3n) is 1.59. The summed E-state index contributed by atoms with van der Waals surface area (Å²) < 4.78 is 0. The molecule has 0 atom stereocenters. The second-order valence-electron chi connectivity index (χ2n) is 2.88. The SMILES string of the molecule is CC/C(N)=C/C(=NC)C(C)C. The van der Waals surface area contributed by atoms with Crippen molar-refractivity contribution >= 4 is 5.71 Å². The van der Waals surface area contributed by atoms with Crippen LogP contribution in [-0.2, 0) is 0 Å². The van der Waals surface area contributed by atoms with Crippen LogP contribution in [0.2, 0.25) is 0 Å². The van der Waals surface area contributed by atoms with Crippen LogP contribution < -0.4 is 5.73 Å². The van der Waals surface area contributed by atoms with E-state index in [-0.39, 0.29) is 0 Å². The van der Waals surface area contributed by atoms with Gasteiger partial charge < -0.3 is 5.73 Å². The summed E-state index contributed by atoms with van der Waals surface area (Å²) in [5.41, 5.74) is 7.64. The van der Waals surface area contributed by atoms with Gasteiger partial charge in [0.05, 0.1) is 0 Å². The standard InChI is InChI=1S/C9H18N2/c1-5-8(10)6-9(11-4)7(2)3/h6-7H,5,10H2,1-4H3/b8-6-,11-9?.